The molecule has 1 aromatic carbocycles. The van der Waals surface area contributed by atoms with Crippen LogP contribution in [0, 0.1) is 0 Å². The monoisotopic (exact) mass is 280 g/mol. The maximum absolute atomic E-state index is 5.14. The van der Waals surface area contributed by atoms with Crippen molar-refractivity contribution in [1.82, 2.24) is 10.1 Å². The van der Waals surface area contributed by atoms with E-state index in [4.69, 9.17) is 4.52 Å². The number of anilines is 2. The fourth-order valence-electron chi connectivity index (χ4n) is 2.18. The Morgan fingerprint density at radius 1 is 1.37 bits per heavy atom. The van der Waals surface area contributed by atoms with Crippen LogP contribution in [0.25, 0.3) is 0 Å². The van der Waals surface area contributed by atoms with Gasteiger partial charge >= 0.3 is 0 Å². The Balaban J connectivity index is 0.00000133. The highest BCUT2D eigenvalue weighted by Gasteiger charge is 2.17. The topological polar surface area (TPSA) is 54.2 Å². The second-order valence-corrected chi connectivity index (χ2v) is 4.32. The molecule has 2 aromatic rings. The van der Waals surface area contributed by atoms with Gasteiger partial charge in [0.25, 0.3) is 0 Å². The molecule has 6 heteroatoms. The summed E-state index contributed by atoms with van der Waals surface area (Å²) in [6.45, 7) is 4.60. The van der Waals surface area contributed by atoms with E-state index in [9.17, 15) is 0 Å². The fraction of sp³-hybridized carbons (Fsp3) is 0.385. The van der Waals surface area contributed by atoms with Crippen LogP contribution in [-0.4, -0.2) is 23.2 Å². The van der Waals surface area contributed by atoms with Gasteiger partial charge in [-0.25, -0.2) is 0 Å². The number of hydrogen-bond donors (Lipinski definition) is 1. The molecule has 1 aromatic heterocycles. The zero-order valence-electron chi connectivity index (χ0n) is 10.8. The number of nitrogens with zero attached hydrogens (tertiary/aromatic N) is 3. The number of aromatic nitrogens is 2. The van der Waals surface area contributed by atoms with Crippen molar-refractivity contribution in [2.75, 3.05) is 23.3 Å². The minimum atomic E-state index is 0. The third kappa shape index (κ3) is 2.81. The van der Waals surface area contributed by atoms with Gasteiger partial charge in [0.2, 0.25) is 5.89 Å². The van der Waals surface area contributed by atoms with Crippen molar-refractivity contribution in [3.63, 3.8) is 0 Å². The van der Waals surface area contributed by atoms with E-state index in [1.807, 2.05) is 19.1 Å². The number of benzene rings is 1. The van der Waals surface area contributed by atoms with Crippen molar-refractivity contribution in [2.45, 2.75) is 19.9 Å². The van der Waals surface area contributed by atoms with E-state index in [0.717, 1.165) is 25.3 Å². The summed E-state index contributed by atoms with van der Waals surface area (Å²) in [5.41, 5.74) is 2.37. The first-order chi connectivity index (χ1) is 8.86. The molecule has 0 atom stereocenters. The number of hydrogen-bond acceptors (Lipinski definition) is 5. The lowest BCUT2D eigenvalue weighted by atomic mass is 10.2. The van der Waals surface area contributed by atoms with E-state index >= 15 is 0 Å². The summed E-state index contributed by atoms with van der Waals surface area (Å²) in [4.78, 5) is 6.63. The number of halogens is 1. The SMILES string of the molecule is CCc1nc(CN2CCNc3ccccc32)no1.Cl. The predicted octanol–water partition coefficient (Wildman–Crippen LogP) is 2.49. The maximum Gasteiger partial charge on any atom is 0.226 e. The maximum atomic E-state index is 5.14. The van der Waals surface area contributed by atoms with Crippen LogP contribution >= 0.6 is 12.4 Å². The quantitative estimate of drug-likeness (QED) is 0.936. The molecule has 0 radical (unpaired) electrons. The van der Waals surface area contributed by atoms with Crippen LogP contribution in [0.2, 0.25) is 0 Å². The van der Waals surface area contributed by atoms with Crippen LogP contribution in [0.3, 0.4) is 0 Å². The Kier molecular flexibility index (Phi) is 4.27. The van der Waals surface area contributed by atoms with Crippen molar-refractivity contribution in [1.29, 1.82) is 0 Å². The minimum Gasteiger partial charge on any atom is -0.382 e. The van der Waals surface area contributed by atoms with Gasteiger partial charge in [0, 0.05) is 19.5 Å². The molecule has 5 nitrogen and oxygen atoms in total. The average Bonchev–Trinajstić information content (AvgIpc) is 2.87. The van der Waals surface area contributed by atoms with Crippen molar-refractivity contribution >= 4 is 23.8 Å². The zero-order valence-corrected chi connectivity index (χ0v) is 11.6. The van der Waals surface area contributed by atoms with Gasteiger partial charge in [0.1, 0.15) is 0 Å². The molecule has 0 saturated heterocycles. The second-order valence-electron chi connectivity index (χ2n) is 4.32. The van der Waals surface area contributed by atoms with Crippen LogP contribution in [-0.2, 0) is 13.0 Å². The predicted molar refractivity (Wildman–Crippen MR) is 76.9 cm³/mol. The van der Waals surface area contributed by atoms with Crippen molar-refractivity contribution < 1.29 is 4.52 Å². The lowest BCUT2D eigenvalue weighted by Crippen LogP contribution is -2.33. The first kappa shape index (κ1) is 13.7. The smallest absolute Gasteiger partial charge is 0.226 e. The molecule has 102 valence electrons. The first-order valence-electron chi connectivity index (χ1n) is 6.26. The van der Waals surface area contributed by atoms with Crippen LogP contribution in [0.1, 0.15) is 18.6 Å². The van der Waals surface area contributed by atoms with E-state index in [0.29, 0.717) is 12.4 Å². The first-order valence-corrected chi connectivity index (χ1v) is 6.26. The lowest BCUT2D eigenvalue weighted by molar-refractivity contribution is 0.376. The van der Waals surface area contributed by atoms with Gasteiger partial charge in [-0.1, -0.05) is 24.2 Å². The highest BCUT2D eigenvalue weighted by molar-refractivity contribution is 5.85. The normalized spacial score (nSPS) is 13.4. The van der Waals surface area contributed by atoms with Gasteiger partial charge in [-0.3, -0.25) is 0 Å². The van der Waals surface area contributed by atoms with Crippen LogP contribution in [0.5, 0.6) is 0 Å². The largest absolute Gasteiger partial charge is 0.382 e. The molecule has 0 fully saturated rings. The van der Waals surface area contributed by atoms with E-state index < -0.39 is 0 Å². The van der Waals surface area contributed by atoms with Crippen molar-refractivity contribution in [3.05, 3.63) is 36.0 Å². The molecule has 2 heterocycles. The van der Waals surface area contributed by atoms with Crippen molar-refractivity contribution in [3.8, 4) is 0 Å². The molecule has 0 amide bonds. The average molecular weight is 281 g/mol. The number of rotatable bonds is 3. The molecule has 3 rings (SSSR count). The van der Waals surface area contributed by atoms with Gasteiger partial charge in [-0.05, 0) is 12.1 Å². The molecule has 0 saturated carbocycles. The molecule has 1 N–H and O–H groups in total. The molecule has 19 heavy (non-hydrogen) atoms. The summed E-state index contributed by atoms with van der Waals surface area (Å²) >= 11 is 0. The van der Waals surface area contributed by atoms with Gasteiger partial charge < -0.3 is 14.7 Å². The summed E-state index contributed by atoms with van der Waals surface area (Å²) in [5.74, 6) is 1.46. The molecular formula is C13H17ClN4O. The number of aryl methyl sites for hydroxylation is 1. The Bertz CT molecular complexity index is 543. The second kappa shape index (κ2) is 5.93. The summed E-state index contributed by atoms with van der Waals surface area (Å²) in [7, 11) is 0. The molecule has 0 aliphatic carbocycles. The molecule has 1 aliphatic heterocycles. The Morgan fingerprint density at radius 2 is 2.21 bits per heavy atom. The molecular weight excluding hydrogens is 264 g/mol. The van der Waals surface area contributed by atoms with E-state index in [2.05, 4.69) is 32.5 Å². The molecule has 1 aliphatic rings. The number of fused-ring (bicyclic) bond motifs is 1. The standard InChI is InChI=1S/C13H16N4O.ClH/c1-2-13-15-12(16-18-13)9-17-8-7-14-10-5-3-4-6-11(10)17;/h3-6,14H,2,7-9H2,1H3;1H. The zero-order chi connectivity index (χ0) is 12.4. The summed E-state index contributed by atoms with van der Waals surface area (Å²) in [5, 5.41) is 7.39. The Hall–Kier alpha value is -1.75. The van der Waals surface area contributed by atoms with Gasteiger partial charge in [-0.15, -0.1) is 12.4 Å². The highest BCUT2D eigenvalue weighted by Crippen LogP contribution is 2.29. The lowest BCUT2D eigenvalue weighted by Gasteiger charge is -2.30. The summed E-state index contributed by atoms with van der Waals surface area (Å²) in [6.07, 6.45) is 0.783. The number of nitrogens with one attached hydrogen (secondary N) is 1. The summed E-state index contributed by atoms with van der Waals surface area (Å²) < 4.78 is 5.14. The third-order valence-electron chi connectivity index (χ3n) is 3.09. The van der Waals surface area contributed by atoms with E-state index in [1.54, 1.807) is 0 Å². The minimum absolute atomic E-state index is 0. The Morgan fingerprint density at radius 3 is 3.00 bits per heavy atom. The third-order valence-corrected chi connectivity index (χ3v) is 3.09. The molecule has 0 unspecified atom stereocenters. The van der Waals surface area contributed by atoms with E-state index in [1.165, 1.54) is 11.4 Å². The molecule has 0 bridgehead atoms. The van der Waals surface area contributed by atoms with Crippen LogP contribution < -0.4 is 10.2 Å². The van der Waals surface area contributed by atoms with Crippen molar-refractivity contribution in [2.24, 2.45) is 0 Å². The fourth-order valence-corrected chi connectivity index (χ4v) is 2.18. The molecule has 0 spiro atoms. The number of para-hydroxylation sites is 2. The highest BCUT2D eigenvalue weighted by atomic mass is 35.5. The van der Waals surface area contributed by atoms with E-state index in [-0.39, 0.29) is 12.4 Å². The van der Waals surface area contributed by atoms with Crippen LogP contribution in [0.4, 0.5) is 11.4 Å². The van der Waals surface area contributed by atoms with Gasteiger partial charge in [0.15, 0.2) is 5.82 Å². The van der Waals surface area contributed by atoms with Gasteiger partial charge in [0.05, 0.1) is 17.9 Å². The summed E-state index contributed by atoms with van der Waals surface area (Å²) in [6, 6.07) is 8.29. The van der Waals surface area contributed by atoms with Crippen LogP contribution in [0.15, 0.2) is 28.8 Å². The van der Waals surface area contributed by atoms with Gasteiger partial charge in [-0.2, -0.15) is 4.98 Å². The Labute approximate surface area is 118 Å².